The Morgan fingerprint density at radius 2 is 2.18 bits per heavy atom. The summed E-state index contributed by atoms with van der Waals surface area (Å²) in [6.07, 6.45) is 0.718. The molecular weight excluding hydrogens is 218 g/mol. The third kappa shape index (κ3) is 5.02. The van der Waals surface area contributed by atoms with E-state index in [0.29, 0.717) is 13.2 Å². The Morgan fingerprint density at radius 1 is 1.41 bits per heavy atom. The van der Waals surface area contributed by atoms with Crippen molar-refractivity contribution >= 4 is 5.91 Å². The summed E-state index contributed by atoms with van der Waals surface area (Å²) in [4.78, 5) is 16.2. The highest BCUT2D eigenvalue weighted by Gasteiger charge is 2.25. The molecule has 0 bridgehead atoms. The van der Waals surface area contributed by atoms with Gasteiger partial charge >= 0.3 is 0 Å². The molecule has 1 saturated heterocycles. The van der Waals surface area contributed by atoms with Gasteiger partial charge in [0.25, 0.3) is 5.91 Å². The highest BCUT2D eigenvalue weighted by Crippen LogP contribution is 2.03. The average Bonchev–Trinajstić information content (AvgIpc) is 2.34. The van der Waals surface area contributed by atoms with Crippen LogP contribution in [0.5, 0.6) is 0 Å². The summed E-state index contributed by atoms with van der Waals surface area (Å²) in [5.41, 5.74) is 0. The predicted molar refractivity (Wildman–Crippen MR) is 68.0 cm³/mol. The van der Waals surface area contributed by atoms with Gasteiger partial charge in [0.05, 0.1) is 6.61 Å². The van der Waals surface area contributed by atoms with E-state index in [1.807, 2.05) is 25.9 Å². The fourth-order valence-electron chi connectivity index (χ4n) is 1.93. The second-order valence-corrected chi connectivity index (χ2v) is 4.64. The van der Waals surface area contributed by atoms with Crippen molar-refractivity contribution in [2.75, 3.05) is 53.4 Å². The SMILES string of the molecule is CCN(CCCN(C)C)C(=O)C1CNCCO1. The standard InChI is InChI=1S/C12H25N3O2/c1-4-15(8-5-7-14(2)3)12(16)11-10-13-6-9-17-11/h11,13H,4-10H2,1-3H3. The zero-order chi connectivity index (χ0) is 12.7. The van der Waals surface area contributed by atoms with Crippen molar-refractivity contribution in [3.8, 4) is 0 Å². The van der Waals surface area contributed by atoms with Gasteiger partial charge in [-0.05, 0) is 34.0 Å². The van der Waals surface area contributed by atoms with E-state index >= 15 is 0 Å². The number of nitrogens with zero attached hydrogens (tertiary/aromatic N) is 2. The fourth-order valence-corrected chi connectivity index (χ4v) is 1.93. The van der Waals surface area contributed by atoms with Crippen LogP contribution in [0, 0.1) is 0 Å². The summed E-state index contributed by atoms with van der Waals surface area (Å²) >= 11 is 0. The van der Waals surface area contributed by atoms with E-state index in [4.69, 9.17) is 4.74 Å². The number of nitrogens with one attached hydrogen (secondary N) is 1. The van der Waals surface area contributed by atoms with Crippen molar-refractivity contribution in [1.29, 1.82) is 0 Å². The largest absolute Gasteiger partial charge is 0.366 e. The average molecular weight is 243 g/mol. The Bertz CT molecular complexity index is 228. The summed E-state index contributed by atoms with van der Waals surface area (Å²) in [6.45, 7) is 6.71. The van der Waals surface area contributed by atoms with Crippen molar-refractivity contribution in [1.82, 2.24) is 15.1 Å². The maximum Gasteiger partial charge on any atom is 0.253 e. The summed E-state index contributed by atoms with van der Waals surface area (Å²) in [7, 11) is 4.10. The first kappa shape index (κ1) is 14.4. The molecular formula is C12H25N3O2. The highest BCUT2D eigenvalue weighted by molar-refractivity contribution is 5.81. The van der Waals surface area contributed by atoms with Gasteiger partial charge < -0.3 is 19.9 Å². The smallest absolute Gasteiger partial charge is 0.253 e. The van der Waals surface area contributed by atoms with Gasteiger partial charge in [-0.2, -0.15) is 0 Å². The van der Waals surface area contributed by atoms with Gasteiger partial charge in [0.15, 0.2) is 0 Å². The maximum atomic E-state index is 12.2. The van der Waals surface area contributed by atoms with E-state index in [-0.39, 0.29) is 12.0 Å². The molecule has 5 nitrogen and oxygen atoms in total. The van der Waals surface area contributed by atoms with Crippen LogP contribution in [0.2, 0.25) is 0 Å². The lowest BCUT2D eigenvalue weighted by atomic mass is 10.2. The number of carbonyl (C=O) groups excluding carboxylic acids is 1. The van der Waals surface area contributed by atoms with Crippen molar-refractivity contribution < 1.29 is 9.53 Å². The summed E-state index contributed by atoms with van der Waals surface area (Å²) in [6, 6.07) is 0. The van der Waals surface area contributed by atoms with Gasteiger partial charge in [-0.1, -0.05) is 0 Å². The number of carbonyl (C=O) groups is 1. The lowest BCUT2D eigenvalue weighted by Gasteiger charge is -2.29. The van der Waals surface area contributed by atoms with E-state index < -0.39 is 0 Å². The molecule has 1 heterocycles. The number of hydrogen-bond donors (Lipinski definition) is 1. The first-order valence-electron chi connectivity index (χ1n) is 6.41. The molecule has 100 valence electrons. The minimum absolute atomic E-state index is 0.124. The molecule has 0 aromatic heterocycles. The van der Waals surface area contributed by atoms with E-state index in [9.17, 15) is 4.79 Å². The lowest BCUT2D eigenvalue weighted by molar-refractivity contribution is -0.145. The molecule has 1 aliphatic rings. The molecule has 0 aliphatic carbocycles. The third-order valence-electron chi connectivity index (χ3n) is 2.93. The first-order valence-corrected chi connectivity index (χ1v) is 6.41. The Morgan fingerprint density at radius 3 is 2.71 bits per heavy atom. The van der Waals surface area contributed by atoms with Crippen LogP contribution in [0.25, 0.3) is 0 Å². The van der Waals surface area contributed by atoms with Gasteiger partial charge in [0, 0.05) is 26.2 Å². The summed E-state index contributed by atoms with van der Waals surface area (Å²) < 4.78 is 5.49. The zero-order valence-corrected chi connectivity index (χ0v) is 11.2. The van der Waals surface area contributed by atoms with Crippen molar-refractivity contribution in [3.63, 3.8) is 0 Å². The van der Waals surface area contributed by atoms with Gasteiger partial charge in [0.2, 0.25) is 0 Å². The zero-order valence-electron chi connectivity index (χ0n) is 11.2. The number of likely N-dealkylation sites (N-methyl/N-ethyl adjacent to an activating group) is 1. The molecule has 1 amide bonds. The first-order chi connectivity index (χ1) is 8.15. The number of amides is 1. The van der Waals surface area contributed by atoms with Crippen molar-refractivity contribution in [3.05, 3.63) is 0 Å². The van der Waals surface area contributed by atoms with E-state index in [0.717, 1.165) is 32.6 Å². The molecule has 1 atom stereocenters. The molecule has 17 heavy (non-hydrogen) atoms. The molecule has 0 saturated carbocycles. The van der Waals surface area contributed by atoms with E-state index in [1.54, 1.807) is 0 Å². The van der Waals surface area contributed by atoms with Crippen LogP contribution in [-0.2, 0) is 9.53 Å². The Hall–Kier alpha value is -0.650. The number of ether oxygens (including phenoxy) is 1. The number of morpholine rings is 1. The van der Waals surface area contributed by atoms with Crippen LogP contribution < -0.4 is 5.32 Å². The Balaban J connectivity index is 2.34. The van der Waals surface area contributed by atoms with E-state index in [2.05, 4.69) is 10.2 Å². The molecule has 0 spiro atoms. The fraction of sp³-hybridized carbons (Fsp3) is 0.917. The predicted octanol–water partition coefficient (Wildman–Crippen LogP) is -0.225. The second-order valence-electron chi connectivity index (χ2n) is 4.64. The van der Waals surface area contributed by atoms with Gasteiger partial charge in [0.1, 0.15) is 6.10 Å². The van der Waals surface area contributed by atoms with Gasteiger partial charge in [-0.15, -0.1) is 0 Å². The molecule has 5 heteroatoms. The van der Waals surface area contributed by atoms with Crippen LogP contribution in [0.4, 0.5) is 0 Å². The van der Waals surface area contributed by atoms with Crippen molar-refractivity contribution in [2.24, 2.45) is 0 Å². The van der Waals surface area contributed by atoms with E-state index in [1.165, 1.54) is 0 Å². The topological polar surface area (TPSA) is 44.8 Å². The maximum absolute atomic E-state index is 12.2. The minimum Gasteiger partial charge on any atom is -0.366 e. The van der Waals surface area contributed by atoms with Crippen LogP contribution in [0.15, 0.2) is 0 Å². The summed E-state index contributed by atoms with van der Waals surface area (Å²) in [5, 5.41) is 3.19. The molecule has 1 rings (SSSR count). The molecule has 1 unspecified atom stereocenters. The molecule has 0 radical (unpaired) electrons. The van der Waals surface area contributed by atoms with Gasteiger partial charge in [-0.25, -0.2) is 0 Å². The Kier molecular flexibility index (Phi) is 6.47. The molecule has 1 N–H and O–H groups in total. The highest BCUT2D eigenvalue weighted by atomic mass is 16.5. The molecule has 1 fully saturated rings. The molecule has 0 aromatic rings. The lowest BCUT2D eigenvalue weighted by Crippen LogP contribution is -2.49. The summed E-state index contributed by atoms with van der Waals surface area (Å²) in [5.74, 6) is 0.124. The van der Waals surface area contributed by atoms with Crippen LogP contribution in [0.3, 0.4) is 0 Å². The molecule has 0 aromatic carbocycles. The third-order valence-corrected chi connectivity index (χ3v) is 2.93. The number of rotatable bonds is 6. The van der Waals surface area contributed by atoms with Crippen LogP contribution in [-0.4, -0.2) is 75.2 Å². The Labute approximate surface area is 104 Å². The monoisotopic (exact) mass is 243 g/mol. The molecule has 1 aliphatic heterocycles. The van der Waals surface area contributed by atoms with Crippen molar-refractivity contribution in [2.45, 2.75) is 19.4 Å². The van der Waals surface area contributed by atoms with Crippen LogP contribution >= 0.6 is 0 Å². The quantitative estimate of drug-likeness (QED) is 0.700. The number of hydrogen-bond acceptors (Lipinski definition) is 4. The minimum atomic E-state index is -0.289. The van der Waals surface area contributed by atoms with Crippen LogP contribution in [0.1, 0.15) is 13.3 Å². The van der Waals surface area contributed by atoms with Gasteiger partial charge in [-0.3, -0.25) is 4.79 Å². The normalized spacial score (nSPS) is 20.6. The second kappa shape index (κ2) is 7.63.